The molecule has 162 valence electrons. The molecule has 0 bridgehead atoms. The van der Waals surface area contributed by atoms with E-state index in [9.17, 15) is 0 Å². The van der Waals surface area contributed by atoms with Crippen LogP contribution in [0.1, 0.15) is 51.4 Å². The molecule has 1 aliphatic heterocycles. The van der Waals surface area contributed by atoms with Gasteiger partial charge in [-0.05, 0) is 31.4 Å². The van der Waals surface area contributed by atoms with Crippen LogP contribution in [0.3, 0.4) is 0 Å². The number of hydrogen-bond donors (Lipinski definition) is 2. The van der Waals surface area contributed by atoms with Gasteiger partial charge in [-0.25, -0.2) is 9.97 Å². The monoisotopic (exact) mass is 401 g/mol. The van der Waals surface area contributed by atoms with Crippen molar-refractivity contribution in [1.82, 2.24) is 25.5 Å². The molecule has 0 radical (unpaired) electrons. The number of aliphatic imine (C=N–C) groups is 1. The Morgan fingerprint density at radius 2 is 1.69 bits per heavy atom. The van der Waals surface area contributed by atoms with Gasteiger partial charge in [-0.15, -0.1) is 0 Å². The van der Waals surface area contributed by atoms with E-state index in [4.69, 9.17) is 0 Å². The number of guanidine groups is 1. The van der Waals surface area contributed by atoms with Crippen molar-refractivity contribution in [3.05, 3.63) is 18.5 Å². The summed E-state index contributed by atoms with van der Waals surface area (Å²) in [5.74, 6) is 2.80. The van der Waals surface area contributed by atoms with Crippen molar-refractivity contribution in [2.75, 3.05) is 57.8 Å². The van der Waals surface area contributed by atoms with Gasteiger partial charge in [-0.2, -0.15) is 0 Å². The van der Waals surface area contributed by atoms with Gasteiger partial charge in [-0.1, -0.05) is 38.5 Å². The molecule has 1 saturated carbocycles. The molecule has 3 rings (SSSR count). The van der Waals surface area contributed by atoms with Gasteiger partial charge in [0.05, 0.1) is 0 Å². The van der Waals surface area contributed by atoms with E-state index in [0.717, 1.165) is 70.1 Å². The summed E-state index contributed by atoms with van der Waals surface area (Å²) in [6, 6.07) is 1.87. The maximum absolute atomic E-state index is 4.35. The normalized spacial score (nSPS) is 18.9. The van der Waals surface area contributed by atoms with Crippen LogP contribution in [0, 0.1) is 5.92 Å². The van der Waals surface area contributed by atoms with Crippen molar-refractivity contribution in [2.45, 2.75) is 51.4 Å². The Morgan fingerprint density at radius 3 is 2.38 bits per heavy atom. The Bertz CT molecular complexity index is 578. The SMILES string of the molecule is CN=C(NCCCCC1CCCC1)NCCCN1CCN(c2ncccn2)CC1. The summed E-state index contributed by atoms with van der Waals surface area (Å²) in [7, 11) is 1.86. The predicted octanol–water partition coefficient (Wildman–Crippen LogP) is 2.51. The minimum atomic E-state index is 0.854. The number of nitrogens with one attached hydrogen (secondary N) is 2. The van der Waals surface area contributed by atoms with E-state index in [2.05, 4.69) is 35.4 Å². The van der Waals surface area contributed by atoms with Crippen LogP contribution in [0.5, 0.6) is 0 Å². The molecule has 0 unspecified atom stereocenters. The zero-order valence-corrected chi connectivity index (χ0v) is 18.2. The molecular weight excluding hydrogens is 362 g/mol. The van der Waals surface area contributed by atoms with Crippen LogP contribution >= 0.6 is 0 Å². The average Bonchev–Trinajstić information content (AvgIpc) is 3.29. The minimum absolute atomic E-state index is 0.854. The molecule has 0 amide bonds. The molecule has 0 spiro atoms. The zero-order valence-electron chi connectivity index (χ0n) is 18.2. The third kappa shape index (κ3) is 7.80. The quantitative estimate of drug-likeness (QED) is 0.357. The highest BCUT2D eigenvalue weighted by Crippen LogP contribution is 2.28. The maximum Gasteiger partial charge on any atom is 0.225 e. The van der Waals surface area contributed by atoms with E-state index in [1.807, 2.05) is 25.5 Å². The molecule has 7 heteroatoms. The maximum atomic E-state index is 4.35. The van der Waals surface area contributed by atoms with Crippen LogP contribution in [-0.2, 0) is 0 Å². The Hall–Kier alpha value is -1.89. The van der Waals surface area contributed by atoms with Crippen LogP contribution in [0.15, 0.2) is 23.5 Å². The first-order chi connectivity index (χ1) is 14.3. The van der Waals surface area contributed by atoms with E-state index in [1.54, 1.807) is 0 Å². The summed E-state index contributed by atoms with van der Waals surface area (Å²) in [6.07, 6.45) is 14.6. The molecule has 2 fully saturated rings. The van der Waals surface area contributed by atoms with Crippen molar-refractivity contribution >= 4 is 11.9 Å². The van der Waals surface area contributed by atoms with Crippen molar-refractivity contribution in [3.8, 4) is 0 Å². The molecule has 0 aromatic carbocycles. The van der Waals surface area contributed by atoms with Gasteiger partial charge >= 0.3 is 0 Å². The van der Waals surface area contributed by atoms with Crippen molar-refractivity contribution < 1.29 is 0 Å². The molecule has 1 aromatic rings. The average molecular weight is 402 g/mol. The molecule has 0 atom stereocenters. The molecule has 1 aromatic heterocycles. The van der Waals surface area contributed by atoms with Crippen molar-refractivity contribution in [1.29, 1.82) is 0 Å². The number of unbranched alkanes of at least 4 members (excludes halogenated alkanes) is 1. The third-order valence-corrected chi connectivity index (χ3v) is 6.18. The lowest BCUT2D eigenvalue weighted by atomic mass is 10.0. The number of hydrogen-bond acceptors (Lipinski definition) is 5. The predicted molar refractivity (Wildman–Crippen MR) is 120 cm³/mol. The summed E-state index contributed by atoms with van der Waals surface area (Å²) in [5, 5.41) is 6.92. The Balaban J connectivity index is 1.19. The van der Waals surface area contributed by atoms with Gasteiger partial charge in [0.15, 0.2) is 5.96 Å². The van der Waals surface area contributed by atoms with E-state index in [-0.39, 0.29) is 0 Å². The van der Waals surface area contributed by atoms with E-state index in [1.165, 1.54) is 44.9 Å². The van der Waals surface area contributed by atoms with Crippen LogP contribution in [0.2, 0.25) is 0 Å². The molecule has 7 nitrogen and oxygen atoms in total. The highest BCUT2D eigenvalue weighted by Gasteiger charge is 2.18. The van der Waals surface area contributed by atoms with E-state index < -0.39 is 0 Å². The minimum Gasteiger partial charge on any atom is -0.356 e. The zero-order chi connectivity index (χ0) is 20.2. The molecule has 2 N–H and O–H groups in total. The third-order valence-electron chi connectivity index (χ3n) is 6.18. The lowest BCUT2D eigenvalue weighted by Crippen LogP contribution is -2.47. The molecule has 29 heavy (non-hydrogen) atoms. The van der Waals surface area contributed by atoms with Gasteiger partial charge < -0.3 is 15.5 Å². The topological polar surface area (TPSA) is 68.7 Å². The standard InChI is InChI=1S/C22H39N7/c1-23-21(24-11-5-4-10-20-8-2-3-9-20)25-14-7-15-28-16-18-29(19-17-28)22-26-12-6-13-27-22/h6,12-13,20H,2-5,7-11,14-19H2,1H3,(H2,23,24,25). The van der Waals surface area contributed by atoms with Crippen molar-refractivity contribution in [3.63, 3.8) is 0 Å². The first-order valence-electron chi connectivity index (χ1n) is 11.5. The molecular formula is C22H39N7. The number of piperazine rings is 1. The molecule has 2 aliphatic rings. The number of aromatic nitrogens is 2. The Labute approximate surface area is 176 Å². The fourth-order valence-corrected chi connectivity index (χ4v) is 4.42. The van der Waals surface area contributed by atoms with Gasteiger partial charge in [0.2, 0.25) is 5.95 Å². The summed E-state index contributed by atoms with van der Waals surface area (Å²) in [4.78, 5) is 17.9. The van der Waals surface area contributed by atoms with Gasteiger partial charge in [0.25, 0.3) is 0 Å². The molecule has 1 aliphatic carbocycles. The Morgan fingerprint density at radius 1 is 1.00 bits per heavy atom. The fourth-order valence-electron chi connectivity index (χ4n) is 4.42. The number of nitrogens with zero attached hydrogens (tertiary/aromatic N) is 5. The first-order valence-corrected chi connectivity index (χ1v) is 11.5. The highest BCUT2D eigenvalue weighted by atomic mass is 15.3. The number of anilines is 1. The van der Waals surface area contributed by atoms with Crippen LogP contribution < -0.4 is 15.5 Å². The lowest BCUT2D eigenvalue weighted by molar-refractivity contribution is 0.254. The van der Waals surface area contributed by atoms with Crippen LogP contribution in [0.25, 0.3) is 0 Å². The highest BCUT2D eigenvalue weighted by molar-refractivity contribution is 5.79. The second kappa shape index (κ2) is 12.6. The molecule has 2 heterocycles. The summed E-state index contributed by atoms with van der Waals surface area (Å²) >= 11 is 0. The summed E-state index contributed by atoms with van der Waals surface area (Å²) in [6.45, 7) is 7.26. The number of rotatable bonds is 10. The summed E-state index contributed by atoms with van der Waals surface area (Å²) < 4.78 is 0. The fraction of sp³-hybridized carbons (Fsp3) is 0.773. The van der Waals surface area contributed by atoms with Crippen molar-refractivity contribution in [2.24, 2.45) is 10.9 Å². The first kappa shape index (κ1) is 21.8. The Kier molecular flexibility index (Phi) is 9.50. The smallest absolute Gasteiger partial charge is 0.225 e. The van der Waals surface area contributed by atoms with Crippen LogP contribution in [0.4, 0.5) is 5.95 Å². The molecule has 1 saturated heterocycles. The second-order valence-electron chi connectivity index (χ2n) is 8.30. The van der Waals surface area contributed by atoms with E-state index >= 15 is 0 Å². The van der Waals surface area contributed by atoms with Crippen LogP contribution in [-0.4, -0.2) is 73.7 Å². The van der Waals surface area contributed by atoms with E-state index in [0.29, 0.717) is 0 Å². The van der Waals surface area contributed by atoms with Gasteiger partial charge in [-0.3, -0.25) is 9.89 Å². The second-order valence-corrected chi connectivity index (χ2v) is 8.30. The summed E-state index contributed by atoms with van der Waals surface area (Å²) in [5.41, 5.74) is 0. The van der Waals surface area contributed by atoms with Gasteiger partial charge in [0.1, 0.15) is 0 Å². The lowest BCUT2D eigenvalue weighted by Gasteiger charge is -2.34. The largest absolute Gasteiger partial charge is 0.356 e. The van der Waals surface area contributed by atoms with Gasteiger partial charge in [0, 0.05) is 58.7 Å².